The lowest BCUT2D eigenvalue weighted by molar-refractivity contribution is -0.0159. The monoisotopic (exact) mass is 270 g/mol. The summed E-state index contributed by atoms with van der Waals surface area (Å²) < 4.78 is 13.1. The van der Waals surface area contributed by atoms with Gasteiger partial charge in [-0.05, 0) is 43.4 Å². The van der Waals surface area contributed by atoms with Crippen molar-refractivity contribution in [3.8, 4) is 0 Å². The second kappa shape index (κ2) is 5.58. The molecule has 1 fully saturated rings. The molecule has 0 aliphatic heterocycles. The van der Waals surface area contributed by atoms with Crippen LogP contribution in [-0.2, 0) is 6.42 Å². The Morgan fingerprint density at radius 3 is 2.61 bits per heavy atom. The molecule has 1 N–H and O–H groups in total. The van der Waals surface area contributed by atoms with Crippen molar-refractivity contribution in [2.75, 3.05) is 0 Å². The van der Waals surface area contributed by atoms with Crippen LogP contribution >= 0.6 is 11.6 Å². The fourth-order valence-electron chi connectivity index (χ4n) is 2.93. The largest absolute Gasteiger partial charge is 0.390 e. The minimum Gasteiger partial charge on any atom is -0.390 e. The van der Waals surface area contributed by atoms with Crippen molar-refractivity contribution in [2.24, 2.45) is 5.92 Å². The van der Waals surface area contributed by atoms with E-state index in [1.54, 1.807) is 12.1 Å². The summed E-state index contributed by atoms with van der Waals surface area (Å²) in [6.07, 6.45) is 6.38. The summed E-state index contributed by atoms with van der Waals surface area (Å²) in [5.41, 5.74) is 0.179. The molecule has 1 saturated carbocycles. The maximum Gasteiger partial charge on any atom is 0.141 e. The normalized spacial score (nSPS) is 20.7. The van der Waals surface area contributed by atoms with E-state index in [1.807, 2.05) is 6.92 Å². The topological polar surface area (TPSA) is 20.2 Å². The lowest BCUT2D eigenvalue weighted by Gasteiger charge is -2.35. The van der Waals surface area contributed by atoms with Gasteiger partial charge in [-0.25, -0.2) is 4.39 Å². The number of benzene rings is 1. The molecule has 1 aromatic carbocycles. The highest BCUT2D eigenvalue weighted by atomic mass is 35.5. The van der Waals surface area contributed by atoms with Crippen LogP contribution in [0.15, 0.2) is 18.2 Å². The van der Waals surface area contributed by atoms with Crippen LogP contribution in [0.4, 0.5) is 4.39 Å². The Kier molecular flexibility index (Phi) is 4.29. The minimum atomic E-state index is -0.721. The molecular formula is C15H20ClFO. The van der Waals surface area contributed by atoms with Crippen molar-refractivity contribution in [1.29, 1.82) is 0 Å². The highest BCUT2D eigenvalue weighted by molar-refractivity contribution is 6.30. The molecule has 3 heteroatoms. The van der Waals surface area contributed by atoms with Crippen molar-refractivity contribution in [3.63, 3.8) is 0 Å². The van der Waals surface area contributed by atoms with Crippen molar-refractivity contribution < 1.29 is 9.50 Å². The first-order chi connectivity index (χ1) is 8.49. The molecule has 2 rings (SSSR count). The summed E-state index contributed by atoms with van der Waals surface area (Å²) in [7, 11) is 0. The summed E-state index contributed by atoms with van der Waals surface area (Å²) in [4.78, 5) is 0. The van der Waals surface area contributed by atoms with E-state index < -0.39 is 11.4 Å². The van der Waals surface area contributed by atoms with Gasteiger partial charge < -0.3 is 5.11 Å². The zero-order valence-corrected chi connectivity index (χ0v) is 11.5. The SMILES string of the molecule is CC(O)(Cc1ccc(F)c(Cl)c1)C1CCCCC1. The van der Waals surface area contributed by atoms with Crippen LogP contribution in [0.3, 0.4) is 0 Å². The standard InChI is InChI=1S/C15H20ClFO/c1-15(18,12-5-3-2-4-6-12)10-11-7-8-14(17)13(16)9-11/h7-9,12,18H,2-6,10H2,1H3. The molecule has 0 saturated heterocycles. The molecule has 1 aliphatic carbocycles. The van der Waals surface area contributed by atoms with Gasteiger partial charge in [0.15, 0.2) is 0 Å². The number of halogens is 2. The zero-order chi connectivity index (χ0) is 13.2. The Bertz CT molecular complexity index is 411. The van der Waals surface area contributed by atoms with Gasteiger partial charge >= 0.3 is 0 Å². The van der Waals surface area contributed by atoms with E-state index in [0.717, 1.165) is 18.4 Å². The molecule has 1 aromatic rings. The molecular weight excluding hydrogens is 251 g/mol. The Morgan fingerprint density at radius 1 is 1.33 bits per heavy atom. The predicted molar refractivity (Wildman–Crippen MR) is 72.3 cm³/mol. The van der Waals surface area contributed by atoms with Gasteiger partial charge in [-0.2, -0.15) is 0 Å². The Balaban J connectivity index is 2.08. The molecule has 1 aliphatic rings. The average Bonchev–Trinajstić information content (AvgIpc) is 2.35. The molecule has 100 valence electrons. The van der Waals surface area contributed by atoms with Gasteiger partial charge in [0.05, 0.1) is 10.6 Å². The van der Waals surface area contributed by atoms with Gasteiger partial charge in [-0.1, -0.05) is 36.9 Å². The smallest absolute Gasteiger partial charge is 0.141 e. The van der Waals surface area contributed by atoms with Crippen LogP contribution in [-0.4, -0.2) is 10.7 Å². The van der Waals surface area contributed by atoms with Gasteiger partial charge in [-0.3, -0.25) is 0 Å². The number of rotatable bonds is 3. The van der Waals surface area contributed by atoms with Crippen molar-refractivity contribution in [3.05, 3.63) is 34.6 Å². The molecule has 0 spiro atoms. The van der Waals surface area contributed by atoms with E-state index in [9.17, 15) is 9.50 Å². The van der Waals surface area contributed by atoms with E-state index in [0.29, 0.717) is 12.3 Å². The van der Waals surface area contributed by atoms with Gasteiger partial charge in [0.1, 0.15) is 5.82 Å². The third-order valence-electron chi connectivity index (χ3n) is 4.03. The van der Waals surface area contributed by atoms with Crippen LogP contribution in [0.2, 0.25) is 5.02 Å². The van der Waals surface area contributed by atoms with E-state index in [1.165, 1.54) is 25.3 Å². The second-order valence-corrected chi connectivity index (χ2v) is 6.02. The van der Waals surface area contributed by atoms with Crippen molar-refractivity contribution in [1.82, 2.24) is 0 Å². The van der Waals surface area contributed by atoms with Gasteiger partial charge in [0.2, 0.25) is 0 Å². The summed E-state index contributed by atoms with van der Waals surface area (Å²) in [5, 5.41) is 10.7. The van der Waals surface area contributed by atoms with Crippen LogP contribution < -0.4 is 0 Å². The molecule has 0 bridgehead atoms. The molecule has 0 heterocycles. The first kappa shape index (κ1) is 13.8. The third-order valence-corrected chi connectivity index (χ3v) is 4.32. The van der Waals surface area contributed by atoms with E-state index >= 15 is 0 Å². The van der Waals surface area contributed by atoms with E-state index in [-0.39, 0.29) is 5.02 Å². The van der Waals surface area contributed by atoms with E-state index in [4.69, 9.17) is 11.6 Å². The molecule has 0 amide bonds. The van der Waals surface area contributed by atoms with Crippen LogP contribution in [0.5, 0.6) is 0 Å². The highest BCUT2D eigenvalue weighted by Gasteiger charge is 2.32. The molecule has 1 atom stereocenters. The van der Waals surface area contributed by atoms with Crippen LogP contribution in [0.25, 0.3) is 0 Å². The van der Waals surface area contributed by atoms with Gasteiger partial charge in [-0.15, -0.1) is 0 Å². The Hall–Kier alpha value is -0.600. The summed E-state index contributed by atoms with van der Waals surface area (Å²) >= 11 is 5.77. The summed E-state index contributed by atoms with van der Waals surface area (Å²) in [6, 6.07) is 4.70. The lowest BCUT2D eigenvalue weighted by Crippen LogP contribution is -2.38. The van der Waals surface area contributed by atoms with Gasteiger partial charge in [0.25, 0.3) is 0 Å². The zero-order valence-electron chi connectivity index (χ0n) is 10.8. The predicted octanol–water partition coefficient (Wildman–Crippen LogP) is 4.35. The molecule has 1 nitrogen and oxygen atoms in total. The fourth-order valence-corrected chi connectivity index (χ4v) is 3.13. The average molecular weight is 271 g/mol. The number of hydrogen-bond acceptors (Lipinski definition) is 1. The van der Waals surface area contributed by atoms with Crippen LogP contribution in [0, 0.1) is 11.7 Å². The Labute approximate surface area is 113 Å². The summed E-state index contributed by atoms with van der Waals surface area (Å²) in [6.45, 7) is 1.89. The lowest BCUT2D eigenvalue weighted by atomic mass is 9.75. The maximum atomic E-state index is 13.1. The summed E-state index contributed by atoms with van der Waals surface area (Å²) in [5.74, 6) is -0.0622. The molecule has 18 heavy (non-hydrogen) atoms. The molecule has 1 unspecified atom stereocenters. The first-order valence-corrected chi connectivity index (χ1v) is 7.03. The van der Waals surface area contributed by atoms with E-state index in [2.05, 4.69) is 0 Å². The third kappa shape index (κ3) is 3.24. The van der Waals surface area contributed by atoms with Gasteiger partial charge in [0, 0.05) is 6.42 Å². The first-order valence-electron chi connectivity index (χ1n) is 6.65. The molecule has 0 radical (unpaired) electrons. The maximum absolute atomic E-state index is 13.1. The minimum absolute atomic E-state index is 0.131. The highest BCUT2D eigenvalue weighted by Crippen LogP contribution is 2.35. The second-order valence-electron chi connectivity index (χ2n) is 5.62. The Morgan fingerprint density at radius 2 is 2.00 bits per heavy atom. The number of hydrogen-bond donors (Lipinski definition) is 1. The fraction of sp³-hybridized carbons (Fsp3) is 0.600. The van der Waals surface area contributed by atoms with Crippen LogP contribution in [0.1, 0.15) is 44.6 Å². The number of aliphatic hydroxyl groups is 1. The molecule has 0 aromatic heterocycles. The van der Waals surface area contributed by atoms with Crippen molar-refractivity contribution >= 4 is 11.6 Å². The van der Waals surface area contributed by atoms with Crippen molar-refractivity contribution in [2.45, 2.75) is 51.0 Å². The quantitative estimate of drug-likeness (QED) is 0.866.